The molecule has 0 bridgehead atoms. The summed E-state index contributed by atoms with van der Waals surface area (Å²) in [6, 6.07) is 6.50. The fourth-order valence-electron chi connectivity index (χ4n) is 8.82. The molecular weight excluding hydrogens is 670 g/mol. The van der Waals surface area contributed by atoms with Crippen molar-refractivity contribution < 1.29 is 28.8 Å². The Hall–Kier alpha value is -4.12. The average molecular weight is 728 g/mol. The van der Waals surface area contributed by atoms with Gasteiger partial charge in [0.15, 0.2) is 0 Å². The molecule has 4 aliphatic rings. The van der Waals surface area contributed by atoms with Crippen LogP contribution in [0.1, 0.15) is 151 Å². The molecular formula is C42H57N5O6. The van der Waals surface area contributed by atoms with Crippen molar-refractivity contribution >= 4 is 46.2 Å². The highest BCUT2D eigenvalue weighted by atomic mass is 16.2. The molecule has 2 heterocycles. The van der Waals surface area contributed by atoms with Gasteiger partial charge in [0.1, 0.15) is 0 Å². The summed E-state index contributed by atoms with van der Waals surface area (Å²) in [5.74, 6) is -0.223. The lowest BCUT2D eigenvalue weighted by Crippen LogP contribution is -2.44. The Morgan fingerprint density at radius 1 is 0.566 bits per heavy atom. The van der Waals surface area contributed by atoms with Crippen LogP contribution < -0.4 is 10.6 Å². The summed E-state index contributed by atoms with van der Waals surface area (Å²) >= 11 is 0. The molecule has 0 saturated heterocycles. The molecule has 2 N–H and O–H groups in total. The Morgan fingerprint density at radius 2 is 0.943 bits per heavy atom. The number of carbonyl (C=O) groups excluding carboxylic acids is 6. The second-order valence-electron chi connectivity index (χ2n) is 15.8. The lowest BCUT2D eigenvalue weighted by molar-refractivity contribution is -0.122. The molecule has 0 unspecified atom stereocenters. The van der Waals surface area contributed by atoms with Crippen LogP contribution in [-0.2, 0) is 9.59 Å². The van der Waals surface area contributed by atoms with Crippen molar-refractivity contribution in [3.63, 3.8) is 0 Å². The summed E-state index contributed by atoms with van der Waals surface area (Å²) in [6.45, 7) is 3.35. The molecule has 6 amide bonds. The number of amides is 6. The summed E-state index contributed by atoms with van der Waals surface area (Å²) < 4.78 is 0. The highest BCUT2D eigenvalue weighted by molar-refractivity contribution is 6.33. The molecule has 286 valence electrons. The van der Waals surface area contributed by atoms with Crippen molar-refractivity contribution in [1.29, 1.82) is 0 Å². The smallest absolute Gasteiger partial charge is 0.261 e. The van der Waals surface area contributed by atoms with Gasteiger partial charge in [-0.3, -0.25) is 38.6 Å². The SMILES string of the molecule is CN(CCCNC(=O)CC1CCCC1)CCCN1C(=O)c2ccc3c4c(ccc(c24)C1=O)C(=O)N(CCCCCCCNC(=O)CC1CCCC1)C3=O. The van der Waals surface area contributed by atoms with E-state index in [4.69, 9.17) is 0 Å². The largest absolute Gasteiger partial charge is 0.356 e. The van der Waals surface area contributed by atoms with E-state index in [2.05, 4.69) is 15.5 Å². The highest BCUT2D eigenvalue weighted by Gasteiger charge is 2.39. The van der Waals surface area contributed by atoms with Gasteiger partial charge in [0.25, 0.3) is 23.6 Å². The van der Waals surface area contributed by atoms with Crippen LogP contribution >= 0.6 is 0 Å². The minimum atomic E-state index is -0.408. The van der Waals surface area contributed by atoms with E-state index in [1.807, 2.05) is 7.05 Å². The van der Waals surface area contributed by atoms with Gasteiger partial charge in [-0.1, -0.05) is 44.9 Å². The maximum Gasteiger partial charge on any atom is 0.261 e. The zero-order valence-corrected chi connectivity index (χ0v) is 31.5. The van der Waals surface area contributed by atoms with E-state index in [0.717, 1.165) is 51.5 Å². The number of nitrogens with one attached hydrogen (secondary N) is 2. The Labute approximate surface area is 313 Å². The van der Waals surface area contributed by atoms with E-state index >= 15 is 0 Å². The molecule has 0 spiro atoms. The van der Waals surface area contributed by atoms with E-state index in [-0.39, 0.29) is 18.4 Å². The van der Waals surface area contributed by atoms with Crippen LogP contribution in [0.15, 0.2) is 24.3 Å². The lowest BCUT2D eigenvalue weighted by Gasteiger charge is -2.32. The first kappa shape index (κ1) is 38.6. The molecule has 2 aliphatic carbocycles. The first-order valence-corrected chi connectivity index (χ1v) is 20.3. The molecule has 11 heteroatoms. The van der Waals surface area contributed by atoms with Gasteiger partial charge in [0, 0.05) is 72.0 Å². The third kappa shape index (κ3) is 9.34. The number of unbranched alkanes of at least 4 members (excludes halogenated alkanes) is 4. The quantitative estimate of drug-likeness (QED) is 0.125. The maximum atomic E-state index is 13.7. The van der Waals surface area contributed by atoms with Crippen LogP contribution in [0.4, 0.5) is 0 Å². The van der Waals surface area contributed by atoms with Crippen molar-refractivity contribution in [2.45, 2.75) is 109 Å². The van der Waals surface area contributed by atoms with Crippen LogP contribution in [0.25, 0.3) is 10.8 Å². The van der Waals surface area contributed by atoms with E-state index in [1.54, 1.807) is 24.3 Å². The van der Waals surface area contributed by atoms with Crippen molar-refractivity contribution in [2.75, 3.05) is 46.3 Å². The van der Waals surface area contributed by atoms with Gasteiger partial charge in [-0.05, 0) is 108 Å². The van der Waals surface area contributed by atoms with E-state index in [9.17, 15) is 28.8 Å². The number of hydrogen-bond donors (Lipinski definition) is 2. The number of imide groups is 2. The van der Waals surface area contributed by atoms with Crippen LogP contribution in [0.5, 0.6) is 0 Å². The van der Waals surface area contributed by atoms with Crippen molar-refractivity contribution in [3.05, 3.63) is 46.5 Å². The Kier molecular flexibility index (Phi) is 13.3. The molecule has 2 aromatic rings. The van der Waals surface area contributed by atoms with Crippen LogP contribution in [0.3, 0.4) is 0 Å². The molecule has 11 nitrogen and oxygen atoms in total. The Bertz CT molecular complexity index is 1620. The number of nitrogens with zero attached hydrogens (tertiary/aromatic N) is 3. The van der Waals surface area contributed by atoms with Gasteiger partial charge in [0.2, 0.25) is 11.8 Å². The first-order chi connectivity index (χ1) is 25.7. The summed E-state index contributed by atoms with van der Waals surface area (Å²) in [5, 5.41) is 6.88. The third-order valence-corrected chi connectivity index (χ3v) is 11.8. The molecule has 0 aromatic heterocycles. The van der Waals surface area contributed by atoms with Crippen LogP contribution in [-0.4, -0.2) is 96.5 Å². The minimum absolute atomic E-state index is 0.138. The number of hydrogen-bond acceptors (Lipinski definition) is 7. The molecule has 2 aromatic carbocycles. The molecule has 2 saturated carbocycles. The molecule has 0 atom stereocenters. The van der Waals surface area contributed by atoms with Crippen molar-refractivity contribution in [2.24, 2.45) is 11.8 Å². The second kappa shape index (κ2) is 18.3. The van der Waals surface area contributed by atoms with Crippen molar-refractivity contribution in [1.82, 2.24) is 25.3 Å². The van der Waals surface area contributed by atoms with Crippen LogP contribution in [0.2, 0.25) is 0 Å². The lowest BCUT2D eigenvalue weighted by atomic mass is 9.86. The van der Waals surface area contributed by atoms with E-state index < -0.39 is 23.6 Å². The topological polar surface area (TPSA) is 136 Å². The number of carbonyl (C=O) groups is 6. The molecule has 6 rings (SSSR count). The normalized spacial score (nSPS) is 17.5. The van der Waals surface area contributed by atoms with Crippen molar-refractivity contribution in [3.8, 4) is 0 Å². The van der Waals surface area contributed by atoms with E-state index in [0.29, 0.717) is 96.7 Å². The fourth-order valence-corrected chi connectivity index (χ4v) is 8.82. The molecule has 53 heavy (non-hydrogen) atoms. The zero-order valence-electron chi connectivity index (χ0n) is 31.5. The Balaban J connectivity index is 0.947. The maximum absolute atomic E-state index is 13.7. The predicted molar refractivity (Wildman–Crippen MR) is 204 cm³/mol. The van der Waals surface area contributed by atoms with Gasteiger partial charge in [-0.2, -0.15) is 0 Å². The molecule has 0 radical (unpaired) electrons. The van der Waals surface area contributed by atoms with Gasteiger partial charge < -0.3 is 15.5 Å². The standard InChI is InChI=1S/C42H57N5O6/c1-45(23-11-22-44-36(49)28-30-15-7-8-16-30)24-12-26-47-41(52)33-19-17-31-37-32(18-20-34(38(33)37)42(47)53)40(51)46(39(31)50)25-10-4-2-3-9-21-43-35(48)27-29-13-5-6-14-29/h17-20,29-30H,2-16,21-28H2,1H3,(H,43,48)(H,44,49). The monoisotopic (exact) mass is 727 g/mol. The molecule has 2 fully saturated rings. The summed E-state index contributed by atoms with van der Waals surface area (Å²) in [4.78, 5) is 83.6. The summed E-state index contributed by atoms with van der Waals surface area (Å²) in [6.07, 6.45) is 16.7. The van der Waals surface area contributed by atoms with Gasteiger partial charge in [-0.25, -0.2) is 0 Å². The summed E-state index contributed by atoms with van der Waals surface area (Å²) in [5.41, 5.74) is 1.37. The number of rotatable bonds is 20. The van der Waals surface area contributed by atoms with Gasteiger partial charge in [-0.15, -0.1) is 0 Å². The third-order valence-electron chi connectivity index (χ3n) is 11.8. The summed E-state index contributed by atoms with van der Waals surface area (Å²) in [7, 11) is 2.00. The minimum Gasteiger partial charge on any atom is -0.356 e. The average Bonchev–Trinajstić information content (AvgIpc) is 3.86. The highest BCUT2D eigenvalue weighted by Crippen LogP contribution is 2.38. The number of benzene rings is 2. The van der Waals surface area contributed by atoms with Crippen LogP contribution in [0, 0.1) is 11.8 Å². The molecule has 2 aliphatic heterocycles. The fraction of sp³-hybridized carbons (Fsp3) is 0.619. The van der Waals surface area contributed by atoms with Gasteiger partial charge in [0.05, 0.1) is 0 Å². The van der Waals surface area contributed by atoms with Gasteiger partial charge >= 0.3 is 0 Å². The predicted octanol–water partition coefficient (Wildman–Crippen LogP) is 6.09. The zero-order chi connectivity index (χ0) is 37.3. The first-order valence-electron chi connectivity index (χ1n) is 20.3. The second-order valence-corrected chi connectivity index (χ2v) is 15.8. The van der Waals surface area contributed by atoms with E-state index in [1.165, 1.54) is 48.3 Å². The Morgan fingerprint density at radius 3 is 1.42 bits per heavy atom.